The van der Waals surface area contributed by atoms with E-state index in [1.165, 1.54) is 13.5 Å². The molecule has 2 rings (SSSR count). The number of piperidine rings is 1. The van der Waals surface area contributed by atoms with Gasteiger partial charge in [-0.2, -0.15) is 0 Å². The van der Waals surface area contributed by atoms with Crippen molar-refractivity contribution in [2.45, 2.75) is 50.9 Å². The van der Waals surface area contributed by atoms with Crippen molar-refractivity contribution in [2.24, 2.45) is 0 Å². The Morgan fingerprint density at radius 1 is 1.26 bits per heavy atom. The first kappa shape index (κ1) is 14.8. The van der Waals surface area contributed by atoms with Crippen LogP contribution in [-0.4, -0.2) is 56.6 Å². The van der Waals surface area contributed by atoms with Gasteiger partial charge in [-0.3, -0.25) is 9.69 Å². The minimum Gasteiger partial charge on any atom is -0.468 e. The van der Waals surface area contributed by atoms with Crippen LogP contribution in [0, 0.1) is 0 Å². The van der Waals surface area contributed by atoms with Crippen molar-refractivity contribution in [1.82, 2.24) is 4.90 Å². The molecule has 110 valence electrons. The molecule has 2 aliphatic rings. The van der Waals surface area contributed by atoms with Gasteiger partial charge in [-0.25, -0.2) is 0 Å². The smallest absolute Gasteiger partial charge is 0.323 e. The van der Waals surface area contributed by atoms with Crippen LogP contribution in [0.5, 0.6) is 0 Å². The normalized spacial score (nSPS) is 29.1. The lowest BCUT2D eigenvalue weighted by Crippen LogP contribution is -2.46. The molecule has 0 saturated carbocycles. The zero-order valence-electron chi connectivity index (χ0n) is 11.8. The van der Waals surface area contributed by atoms with E-state index >= 15 is 0 Å². The predicted octanol–water partition coefficient (Wildman–Crippen LogP) is 1.56. The highest BCUT2D eigenvalue weighted by Crippen LogP contribution is 2.18. The summed E-state index contributed by atoms with van der Waals surface area (Å²) in [6, 6.07) is -0.0883. The largest absolute Gasteiger partial charge is 0.468 e. The third kappa shape index (κ3) is 4.44. The van der Waals surface area contributed by atoms with E-state index in [4.69, 9.17) is 14.2 Å². The molecule has 0 N–H and O–H groups in total. The number of esters is 1. The Hall–Kier alpha value is -0.650. The quantitative estimate of drug-likeness (QED) is 0.710. The predicted molar refractivity (Wildman–Crippen MR) is 70.8 cm³/mol. The van der Waals surface area contributed by atoms with Crippen molar-refractivity contribution in [3.63, 3.8) is 0 Å². The number of nitrogens with zero attached hydrogens (tertiary/aromatic N) is 1. The second-order valence-electron chi connectivity index (χ2n) is 5.24. The average Bonchev–Trinajstić information content (AvgIpc) is 2.48. The molecule has 2 aliphatic heterocycles. The summed E-state index contributed by atoms with van der Waals surface area (Å²) < 4.78 is 16.1. The number of likely N-dealkylation sites (tertiary alicyclic amines) is 1. The van der Waals surface area contributed by atoms with Crippen molar-refractivity contribution in [1.29, 1.82) is 0 Å². The van der Waals surface area contributed by atoms with Crippen LogP contribution in [0.4, 0.5) is 0 Å². The number of methoxy groups -OCH3 is 1. The second-order valence-corrected chi connectivity index (χ2v) is 5.24. The van der Waals surface area contributed by atoms with Gasteiger partial charge in [-0.15, -0.1) is 0 Å². The van der Waals surface area contributed by atoms with Gasteiger partial charge in [0.15, 0.2) is 6.29 Å². The summed E-state index contributed by atoms with van der Waals surface area (Å²) >= 11 is 0. The number of rotatable bonds is 5. The summed E-state index contributed by atoms with van der Waals surface area (Å²) in [6.07, 6.45) is 6.40. The molecule has 0 spiro atoms. The Bertz CT molecular complexity index is 279. The second kappa shape index (κ2) is 7.82. The van der Waals surface area contributed by atoms with E-state index in [0.717, 1.165) is 51.8 Å². The van der Waals surface area contributed by atoms with E-state index in [1.807, 2.05) is 0 Å². The Labute approximate surface area is 115 Å². The number of ether oxygens (including phenoxy) is 3. The fourth-order valence-electron chi connectivity index (χ4n) is 2.81. The average molecular weight is 271 g/mol. The van der Waals surface area contributed by atoms with Crippen molar-refractivity contribution < 1.29 is 19.0 Å². The summed E-state index contributed by atoms with van der Waals surface area (Å²) in [7, 11) is 1.46. The molecule has 2 saturated heterocycles. The first-order valence-electron chi connectivity index (χ1n) is 7.36. The van der Waals surface area contributed by atoms with Gasteiger partial charge in [0.25, 0.3) is 0 Å². The van der Waals surface area contributed by atoms with Gasteiger partial charge >= 0.3 is 5.97 Å². The van der Waals surface area contributed by atoms with Crippen LogP contribution in [0.25, 0.3) is 0 Å². The van der Waals surface area contributed by atoms with Crippen LogP contribution in [0.1, 0.15) is 38.5 Å². The molecule has 0 aromatic rings. The number of carbonyl (C=O) groups excluding carboxylic acids is 1. The van der Waals surface area contributed by atoms with E-state index in [0.29, 0.717) is 6.61 Å². The van der Waals surface area contributed by atoms with E-state index in [1.54, 1.807) is 0 Å². The third-order valence-electron chi connectivity index (χ3n) is 3.91. The molecule has 0 unspecified atom stereocenters. The molecule has 0 radical (unpaired) electrons. The third-order valence-corrected chi connectivity index (χ3v) is 3.91. The van der Waals surface area contributed by atoms with Crippen LogP contribution < -0.4 is 0 Å². The van der Waals surface area contributed by atoms with Gasteiger partial charge < -0.3 is 14.2 Å². The standard InChI is InChI=1S/C14H25NO4/c1-17-14(16)12-6-2-4-8-15(12)9-11-19-13-7-3-5-10-18-13/h12-13H,2-11H2,1H3/t12-,13-/m1/s1. The van der Waals surface area contributed by atoms with Crippen LogP contribution in [0.15, 0.2) is 0 Å². The highest BCUT2D eigenvalue weighted by molar-refractivity contribution is 5.75. The van der Waals surface area contributed by atoms with Gasteiger partial charge in [0.2, 0.25) is 0 Å². The fraction of sp³-hybridized carbons (Fsp3) is 0.929. The van der Waals surface area contributed by atoms with Gasteiger partial charge in [0.05, 0.1) is 13.7 Å². The first-order valence-corrected chi connectivity index (χ1v) is 7.36. The van der Waals surface area contributed by atoms with Crippen molar-refractivity contribution in [3.05, 3.63) is 0 Å². The summed E-state index contributed by atoms with van der Waals surface area (Å²) in [5, 5.41) is 0. The van der Waals surface area contributed by atoms with Crippen LogP contribution in [0.3, 0.4) is 0 Å². The zero-order chi connectivity index (χ0) is 13.5. The molecule has 2 fully saturated rings. The molecular weight excluding hydrogens is 246 g/mol. The molecule has 0 aromatic carbocycles. The summed E-state index contributed by atoms with van der Waals surface area (Å²) in [4.78, 5) is 13.9. The van der Waals surface area contributed by atoms with Crippen molar-refractivity contribution in [3.8, 4) is 0 Å². The lowest BCUT2D eigenvalue weighted by atomic mass is 10.0. The van der Waals surface area contributed by atoms with Gasteiger partial charge in [0, 0.05) is 13.2 Å². The molecule has 0 amide bonds. The van der Waals surface area contributed by atoms with Crippen molar-refractivity contribution >= 4 is 5.97 Å². The summed E-state index contributed by atoms with van der Waals surface area (Å²) in [5.74, 6) is -0.117. The molecule has 0 bridgehead atoms. The molecule has 2 heterocycles. The van der Waals surface area contributed by atoms with Gasteiger partial charge in [0.1, 0.15) is 6.04 Å². The highest BCUT2D eigenvalue weighted by Gasteiger charge is 2.29. The van der Waals surface area contributed by atoms with E-state index in [-0.39, 0.29) is 18.3 Å². The van der Waals surface area contributed by atoms with Crippen LogP contribution in [-0.2, 0) is 19.0 Å². The molecule has 0 aromatic heterocycles. The fourth-order valence-corrected chi connectivity index (χ4v) is 2.81. The Morgan fingerprint density at radius 2 is 2.11 bits per heavy atom. The maximum absolute atomic E-state index is 11.7. The summed E-state index contributed by atoms with van der Waals surface area (Å²) in [6.45, 7) is 3.16. The molecule has 5 nitrogen and oxygen atoms in total. The summed E-state index contributed by atoms with van der Waals surface area (Å²) in [5.41, 5.74) is 0. The van der Waals surface area contributed by atoms with Crippen LogP contribution in [0.2, 0.25) is 0 Å². The lowest BCUT2D eigenvalue weighted by Gasteiger charge is -2.34. The van der Waals surface area contributed by atoms with E-state index in [2.05, 4.69) is 4.90 Å². The monoisotopic (exact) mass is 271 g/mol. The minimum atomic E-state index is -0.117. The van der Waals surface area contributed by atoms with Gasteiger partial charge in [-0.05, 0) is 38.6 Å². The van der Waals surface area contributed by atoms with Gasteiger partial charge in [-0.1, -0.05) is 6.42 Å². The SMILES string of the molecule is COC(=O)[C@H]1CCCCN1CCO[C@@H]1CCCCO1. The Kier molecular flexibility index (Phi) is 6.07. The highest BCUT2D eigenvalue weighted by atomic mass is 16.7. The number of carbonyl (C=O) groups is 1. The van der Waals surface area contributed by atoms with E-state index < -0.39 is 0 Å². The van der Waals surface area contributed by atoms with Crippen molar-refractivity contribution in [2.75, 3.05) is 33.4 Å². The lowest BCUT2D eigenvalue weighted by molar-refractivity contribution is -0.167. The number of hydrogen-bond acceptors (Lipinski definition) is 5. The Balaban J connectivity index is 1.71. The molecule has 19 heavy (non-hydrogen) atoms. The maximum Gasteiger partial charge on any atom is 0.323 e. The first-order chi connectivity index (χ1) is 9.31. The topological polar surface area (TPSA) is 48.0 Å². The molecule has 2 atom stereocenters. The number of hydrogen-bond donors (Lipinski definition) is 0. The Morgan fingerprint density at radius 3 is 2.84 bits per heavy atom. The molecular formula is C14H25NO4. The minimum absolute atomic E-state index is 0.0462. The van der Waals surface area contributed by atoms with Crippen LogP contribution >= 0.6 is 0 Å². The molecule has 5 heteroatoms. The molecule has 0 aliphatic carbocycles. The van der Waals surface area contributed by atoms with E-state index in [9.17, 15) is 4.79 Å². The zero-order valence-corrected chi connectivity index (χ0v) is 11.8. The maximum atomic E-state index is 11.7.